The van der Waals surface area contributed by atoms with Crippen LogP contribution in [-0.2, 0) is 17.1 Å². The first kappa shape index (κ1) is 24.2. The molecule has 0 atom stereocenters. The molecule has 2 rings (SSSR count). The van der Waals surface area contributed by atoms with Crippen LogP contribution in [0.2, 0.25) is 0 Å². The molecule has 0 aliphatic carbocycles. The summed E-state index contributed by atoms with van der Waals surface area (Å²) in [5, 5.41) is 2.44. The third-order valence-corrected chi connectivity index (χ3v) is 4.26. The van der Waals surface area contributed by atoms with Gasteiger partial charge in [-0.25, -0.2) is 15.0 Å². The number of aromatic nitrogens is 3. The number of hydrogen-bond donors (Lipinski definition) is 1. The fourth-order valence-corrected chi connectivity index (χ4v) is 2.50. The van der Waals surface area contributed by atoms with E-state index in [2.05, 4.69) is 20.3 Å². The molecule has 29 heavy (non-hydrogen) atoms. The number of benzene rings is 1. The number of nitrogens with zero attached hydrogens (tertiary/aromatic N) is 3. The second-order valence-electron chi connectivity index (χ2n) is 5.37. The van der Waals surface area contributed by atoms with Gasteiger partial charge >= 0.3 is 5.97 Å². The molecular formula is C16H12Cl6N4O3. The Hall–Kier alpha value is -1.09. The van der Waals surface area contributed by atoms with Crippen molar-refractivity contribution in [1.82, 2.24) is 20.3 Å². The first-order valence-electron chi connectivity index (χ1n) is 7.86. The highest BCUT2D eigenvalue weighted by molar-refractivity contribution is 6.67. The topological polar surface area (TPSA) is 94.1 Å². The molecule has 0 unspecified atom stereocenters. The van der Waals surface area contributed by atoms with Gasteiger partial charge in [0.2, 0.25) is 7.59 Å². The highest BCUT2D eigenvalue weighted by Crippen LogP contribution is 2.40. The van der Waals surface area contributed by atoms with Gasteiger partial charge in [-0.15, -0.1) is 0 Å². The Morgan fingerprint density at radius 2 is 1.45 bits per heavy atom. The predicted molar refractivity (Wildman–Crippen MR) is 113 cm³/mol. The van der Waals surface area contributed by atoms with E-state index in [0.29, 0.717) is 5.56 Å². The zero-order valence-electron chi connectivity index (χ0n) is 14.6. The van der Waals surface area contributed by atoms with E-state index in [1.54, 1.807) is 19.1 Å². The molecular weight excluding hydrogens is 509 g/mol. The van der Waals surface area contributed by atoms with Crippen LogP contribution in [0.4, 0.5) is 0 Å². The van der Waals surface area contributed by atoms with Crippen LogP contribution < -0.4 is 5.32 Å². The molecule has 0 bridgehead atoms. The first-order chi connectivity index (χ1) is 13.4. The van der Waals surface area contributed by atoms with Gasteiger partial charge in [0.25, 0.3) is 5.91 Å². The maximum atomic E-state index is 12.1. The van der Waals surface area contributed by atoms with Gasteiger partial charge in [0.1, 0.15) is 6.54 Å². The van der Waals surface area contributed by atoms with E-state index < -0.39 is 19.5 Å². The average Bonchev–Trinajstić information content (AvgIpc) is 2.64. The number of ether oxygens (including phenoxy) is 1. The van der Waals surface area contributed by atoms with E-state index in [-0.39, 0.29) is 36.2 Å². The third-order valence-electron chi connectivity index (χ3n) is 3.25. The van der Waals surface area contributed by atoms with E-state index in [4.69, 9.17) is 74.3 Å². The molecule has 1 N–H and O–H groups in total. The monoisotopic (exact) mass is 518 g/mol. The summed E-state index contributed by atoms with van der Waals surface area (Å²) in [7, 11) is 0. The van der Waals surface area contributed by atoms with Gasteiger partial charge in [-0.1, -0.05) is 81.7 Å². The maximum Gasteiger partial charge on any atom is 0.325 e. The van der Waals surface area contributed by atoms with E-state index in [1.807, 2.05) is 0 Å². The van der Waals surface area contributed by atoms with Crippen molar-refractivity contribution in [3.63, 3.8) is 0 Å². The minimum atomic E-state index is -1.98. The van der Waals surface area contributed by atoms with Gasteiger partial charge in [0.05, 0.1) is 6.61 Å². The smallest absolute Gasteiger partial charge is 0.325 e. The van der Waals surface area contributed by atoms with Gasteiger partial charge in [0, 0.05) is 11.1 Å². The molecule has 2 aromatic rings. The zero-order valence-corrected chi connectivity index (χ0v) is 19.1. The molecule has 1 aromatic carbocycles. The predicted octanol–water partition coefficient (Wildman–Crippen LogP) is 4.48. The lowest BCUT2D eigenvalue weighted by Gasteiger charge is -2.15. The maximum absolute atomic E-state index is 12.1. The normalized spacial score (nSPS) is 11.8. The fourth-order valence-electron chi connectivity index (χ4n) is 2.00. The number of nitrogens with one attached hydrogen (secondary N) is 1. The molecule has 0 fully saturated rings. The summed E-state index contributed by atoms with van der Waals surface area (Å²) in [6, 6.07) is 6.06. The molecule has 1 heterocycles. The number of alkyl halides is 6. The number of rotatable bonds is 5. The zero-order chi connectivity index (χ0) is 21.8. The van der Waals surface area contributed by atoms with Crippen LogP contribution >= 0.6 is 69.6 Å². The van der Waals surface area contributed by atoms with Gasteiger partial charge in [0.15, 0.2) is 17.5 Å². The number of carbonyl (C=O) groups excluding carboxylic acids is 2. The van der Waals surface area contributed by atoms with Crippen LogP contribution in [0.3, 0.4) is 0 Å². The number of esters is 1. The SMILES string of the molecule is CCOC(=O)CNC(=O)c1ccc(-c2nc(C(Cl)(Cl)Cl)nc(C(Cl)(Cl)Cl)n2)cc1. The van der Waals surface area contributed by atoms with Crippen LogP contribution in [0.25, 0.3) is 11.4 Å². The van der Waals surface area contributed by atoms with Crippen molar-refractivity contribution in [2.75, 3.05) is 13.2 Å². The molecule has 7 nitrogen and oxygen atoms in total. The number of hydrogen-bond acceptors (Lipinski definition) is 6. The van der Waals surface area contributed by atoms with E-state index in [9.17, 15) is 9.59 Å². The summed E-state index contributed by atoms with van der Waals surface area (Å²) in [5.41, 5.74) is 0.732. The summed E-state index contributed by atoms with van der Waals surface area (Å²) < 4.78 is 0.788. The van der Waals surface area contributed by atoms with Crippen molar-refractivity contribution < 1.29 is 14.3 Å². The largest absolute Gasteiger partial charge is 0.465 e. The Labute approximate surface area is 196 Å². The van der Waals surface area contributed by atoms with Crippen molar-refractivity contribution >= 4 is 81.5 Å². The highest BCUT2D eigenvalue weighted by Gasteiger charge is 2.34. The standard InChI is InChI=1S/C16H12Cl6N4O3/c1-2-29-10(27)7-23-12(28)9-5-3-8(4-6-9)11-24-13(15(17,18)19)26-14(25-11)16(20,21)22/h3-6H,2,7H2,1H3,(H,23,28). The molecule has 0 radical (unpaired) electrons. The first-order valence-corrected chi connectivity index (χ1v) is 10.1. The molecule has 13 heteroatoms. The Balaban J connectivity index is 2.29. The summed E-state index contributed by atoms with van der Waals surface area (Å²) in [4.78, 5) is 35.5. The quantitative estimate of drug-likeness (QED) is 0.461. The average molecular weight is 521 g/mol. The summed E-state index contributed by atoms with van der Waals surface area (Å²) in [5.74, 6) is -1.40. The lowest BCUT2D eigenvalue weighted by atomic mass is 10.1. The van der Waals surface area contributed by atoms with Crippen molar-refractivity contribution in [2.45, 2.75) is 14.5 Å². The van der Waals surface area contributed by atoms with Crippen LogP contribution in [0.1, 0.15) is 28.9 Å². The molecule has 0 saturated carbocycles. The second kappa shape index (κ2) is 9.81. The van der Waals surface area contributed by atoms with E-state index in [1.165, 1.54) is 12.1 Å². The molecule has 0 aliphatic heterocycles. The third kappa shape index (κ3) is 6.98. The van der Waals surface area contributed by atoms with E-state index in [0.717, 1.165) is 0 Å². The summed E-state index contributed by atoms with van der Waals surface area (Å²) in [6.45, 7) is 1.64. The molecule has 156 valence electrons. The Morgan fingerprint density at radius 1 is 0.931 bits per heavy atom. The Morgan fingerprint density at radius 3 is 1.90 bits per heavy atom. The van der Waals surface area contributed by atoms with Crippen LogP contribution in [0.15, 0.2) is 24.3 Å². The molecule has 1 amide bonds. The lowest BCUT2D eigenvalue weighted by Crippen LogP contribution is -2.30. The van der Waals surface area contributed by atoms with Crippen molar-refractivity contribution in [3.05, 3.63) is 41.5 Å². The van der Waals surface area contributed by atoms with E-state index >= 15 is 0 Å². The van der Waals surface area contributed by atoms with Gasteiger partial charge in [-0.2, -0.15) is 0 Å². The second-order valence-corrected chi connectivity index (χ2v) is 9.93. The Kier molecular flexibility index (Phi) is 8.18. The van der Waals surface area contributed by atoms with Crippen molar-refractivity contribution in [2.24, 2.45) is 0 Å². The van der Waals surface area contributed by atoms with Crippen molar-refractivity contribution in [1.29, 1.82) is 0 Å². The summed E-state index contributed by atoms with van der Waals surface area (Å²) >= 11 is 35.1. The number of carbonyl (C=O) groups is 2. The Bertz CT molecular complexity index is 865. The van der Waals surface area contributed by atoms with Crippen LogP contribution in [0.5, 0.6) is 0 Å². The number of halogens is 6. The van der Waals surface area contributed by atoms with Gasteiger partial charge in [-0.05, 0) is 19.1 Å². The summed E-state index contributed by atoms with van der Waals surface area (Å²) in [6.07, 6.45) is 0. The minimum Gasteiger partial charge on any atom is -0.465 e. The van der Waals surface area contributed by atoms with Crippen LogP contribution in [0, 0.1) is 0 Å². The molecule has 0 spiro atoms. The lowest BCUT2D eigenvalue weighted by molar-refractivity contribution is -0.141. The van der Waals surface area contributed by atoms with Gasteiger partial charge in [-0.3, -0.25) is 9.59 Å². The minimum absolute atomic E-state index is 0.0705. The molecule has 0 aliphatic rings. The van der Waals surface area contributed by atoms with Crippen molar-refractivity contribution in [3.8, 4) is 11.4 Å². The van der Waals surface area contributed by atoms with Crippen LogP contribution in [-0.4, -0.2) is 40.0 Å². The molecule has 0 saturated heterocycles. The molecule has 1 aromatic heterocycles. The number of amides is 1. The fraction of sp³-hybridized carbons (Fsp3) is 0.312. The van der Waals surface area contributed by atoms with Gasteiger partial charge < -0.3 is 10.1 Å². The highest BCUT2D eigenvalue weighted by atomic mass is 35.6.